The van der Waals surface area contributed by atoms with Crippen molar-refractivity contribution in [1.82, 2.24) is 10.2 Å². The summed E-state index contributed by atoms with van der Waals surface area (Å²) < 4.78 is 0. The number of carbonyl (C=O) groups excluding carboxylic acids is 1. The lowest BCUT2D eigenvalue weighted by molar-refractivity contribution is -0.119. The van der Waals surface area contributed by atoms with Crippen LogP contribution in [0.3, 0.4) is 0 Å². The first-order valence-electron chi connectivity index (χ1n) is 4.83. The summed E-state index contributed by atoms with van der Waals surface area (Å²) in [4.78, 5) is 11.5. The van der Waals surface area contributed by atoms with Gasteiger partial charge < -0.3 is 5.21 Å². The quantitative estimate of drug-likeness (QED) is 0.452. The Labute approximate surface area is 86.8 Å². The molecular weight excluding hydrogens is 194 g/mol. The van der Waals surface area contributed by atoms with E-state index in [1.807, 2.05) is 0 Å². The minimum absolute atomic E-state index is 0.119. The maximum Gasteiger partial charge on any atom is 0.142 e. The first-order valence-corrected chi connectivity index (χ1v) is 4.83. The van der Waals surface area contributed by atoms with E-state index < -0.39 is 0 Å². The first kappa shape index (κ1) is 9.76. The highest BCUT2D eigenvalue weighted by atomic mass is 16.4. The molecule has 5 heteroatoms. The number of oxime groups is 1. The highest BCUT2D eigenvalue weighted by molar-refractivity contribution is 6.10. The SMILES string of the molecule is O=C(C/C(=N/O)c1cccnn1)C1CC1. The minimum Gasteiger partial charge on any atom is -0.411 e. The fourth-order valence-corrected chi connectivity index (χ4v) is 1.35. The van der Waals surface area contributed by atoms with Crippen LogP contribution in [0.5, 0.6) is 0 Å². The van der Waals surface area contributed by atoms with Gasteiger partial charge in [-0.2, -0.15) is 5.10 Å². The zero-order chi connectivity index (χ0) is 10.7. The van der Waals surface area contributed by atoms with Crippen molar-refractivity contribution in [2.24, 2.45) is 11.1 Å². The highest BCUT2D eigenvalue weighted by Crippen LogP contribution is 2.31. The Hall–Kier alpha value is -1.78. The summed E-state index contributed by atoms with van der Waals surface area (Å²) in [5.41, 5.74) is 0.744. The van der Waals surface area contributed by atoms with Crippen molar-refractivity contribution in [1.29, 1.82) is 0 Å². The average molecular weight is 205 g/mol. The van der Waals surface area contributed by atoms with Crippen molar-refractivity contribution in [3.8, 4) is 0 Å². The van der Waals surface area contributed by atoms with E-state index in [-0.39, 0.29) is 18.1 Å². The highest BCUT2D eigenvalue weighted by Gasteiger charge is 2.30. The molecule has 0 spiro atoms. The van der Waals surface area contributed by atoms with Gasteiger partial charge in [-0.3, -0.25) is 4.79 Å². The standard InChI is InChI=1S/C10H11N3O2/c14-10(7-3-4-7)6-9(13-15)8-2-1-5-11-12-8/h1-2,5,7,15H,3-4,6H2/b13-9-. The van der Waals surface area contributed by atoms with Crippen molar-refractivity contribution in [3.05, 3.63) is 24.0 Å². The van der Waals surface area contributed by atoms with Crippen LogP contribution in [0.25, 0.3) is 0 Å². The summed E-state index contributed by atoms with van der Waals surface area (Å²) >= 11 is 0. The molecule has 5 nitrogen and oxygen atoms in total. The maximum atomic E-state index is 11.5. The third-order valence-corrected chi connectivity index (χ3v) is 2.36. The van der Waals surface area contributed by atoms with Crippen molar-refractivity contribution in [2.45, 2.75) is 19.3 Å². The number of ketones is 1. The van der Waals surface area contributed by atoms with Gasteiger partial charge in [-0.15, -0.1) is 5.10 Å². The van der Waals surface area contributed by atoms with Gasteiger partial charge in [0.25, 0.3) is 0 Å². The molecule has 0 unspecified atom stereocenters. The second-order valence-corrected chi connectivity index (χ2v) is 3.57. The van der Waals surface area contributed by atoms with E-state index in [1.54, 1.807) is 12.1 Å². The zero-order valence-corrected chi connectivity index (χ0v) is 8.13. The molecule has 78 valence electrons. The Morgan fingerprint density at radius 2 is 2.40 bits per heavy atom. The third kappa shape index (κ3) is 2.37. The van der Waals surface area contributed by atoms with Crippen LogP contribution < -0.4 is 0 Å². The smallest absolute Gasteiger partial charge is 0.142 e. The average Bonchev–Trinajstić information content (AvgIpc) is 3.10. The monoisotopic (exact) mass is 205 g/mol. The second-order valence-electron chi connectivity index (χ2n) is 3.57. The lowest BCUT2D eigenvalue weighted by atomic mass is 10.1. The molecule has 15 heavy (non-hydrogen) atoms. The lowest BCUT2D eigenvalue weighted by Gasteiger charge is -2.00. The number of carbonyl (C=O) groups is 1. The summed E-state index contributed by atoms with van der Waals surface area (Å²) in [6.45, 7) is 0. The summed E-state index contributed by atoms with van der Waals surface area (Å²) in [7, 11) is 0. The molecule has 1 aliphatic carbocycles. The van der Waals surface area contributed by atoms with E-state index in [2.05, 4.69) is 15.4 Å². The number of Topliss-reactive ketones (excluding diaryl/α,β-unsaturated/α-hetero) is 1. The second kappa shape index (κ2) is 4.16. The van der Waals surface area contributed by atoms with Gasteiger partial charge in [-0.1, -0.05) is 5.16 Å². The molecule has 0 radical (unpaired) electrons. The Morgan fingerprint density at radius 1 is 1.60 bits per heavy atom. The van der Waals surface area contributed by atoms with E-state index >= 15 is 0 Å². The molecular formula is C10H11N3O2. The van der Waals surface area contributed by atoms with Crippen LogP contribution >= 0.6 is 0 Å². The molecule has 0 saturated heterocycles. The van der Waals surface area contributed by atoms with Crippen molar-refractivity contribution >= 4 is 11.5 Å². The molecule has 0 aromatic carbocycles. The van der Waals surface area contributed by atoms with Crippen LogP contribution in [0.1, 0.15) is 25.0 Å². The summed E-state index contributed by atoms with van der Waals surface area (Å²) in [5.74, 6) is 0.284. The van der Waals surface area contributed by atoms with Gasteiger partial charge in [0, 0.05) is 12.1 Å². The maximum absolute atomic E-state index is 11.5. The fraction of sp³-hybridized carbons (Fsp3) is 0.400. The molecule has 0 aliphatic heterocycles. The molecule has 1 fully saturated rings. The molecule has 2 rings (SSSR count). The molecule has 0 bridgehead atoms. The Bertz CT molecular complexity index is 385. The van der Waals surface area contributed by atoms with E-state index in [4.69, 9.17) is 5.21 Å². The van der Waals surface area contributed by atoms with Gasteiger partial charge in [0.15, 0.2) is 0 Å². The molecule has 1 aliphatic rings. The largest absolute Gasteiger partial charge is 0.411 e. The molecule has 1 heterocycles. The number of hydrogen-bond acceptors (Lipinski definition) is 5. The van der Waals surface area contributed by atoms with E-state index in [1.165, 1.54) is 6.20 Å². The number of nitrogens with zero attached hydrogens (tertiary/aromatic N) is 3. The molecule has 0 atom stereocenters. The first-order chi connectivity index (χ1) is 7.31. The van der Waals surface area contributed by atoms with Crippen LogP contribution in [0.4, 0.5) is 0 Å². The van der Waals surface area contributed by atoms with E-state index in [9.17, 15) is 4.79 Å². The van der Waals surface area contributed by atoms with Crippen LogP contribution in [0.2, 0.25) is 0 Å². The Balaban J connectivity index is 2.08. The normalized spacial score (nSPS) is 16.4. The number of aromatic nitrogens is 2. The van der Waals surface area contributed by atoms with Crippen molar-refractivity contribution < 1.29 is 10.0 Å². The summed E-state index contributed by atoms with van der Waals surface area (Å²) in [5, 5.41) is 19.4. The zero-order valence-electron chi connectivity index (χ0n) is 8.13. The third-order valence-electron chi connectivity index (χ3n) is 2.36. The van der Waals surface area contributed by atoms with Gasteiger partial charge in [0.2, 0.25) is 0 Å². The Kier molecular flexibility index (Phi) is 2.71. The van der Waals surface area contributed by atoms with Crippen molar-refractivity contribution in [3.63, 3.8) is 0 Å². The van der Waals surface area contributed by atoms with Gasteiger partial charge in [-0.05, 0) is 25.0 Å². The predicted octanol–water partition coefficient (Wildman–Crippen LogP) is 1.02. The van der Waals surface area contributed by atoms with E-state index in [0.29, 0.717) is 11.4 Å². The van der Waals surface area contributed by atoms with E-state index in [0.717, 1.165) is 12.8 Å². The molecule has 1 N–H and O–H groups in total. The van der Waals surface area contributed by atoms with Crippen LogP contribution in [-0.4, -0.2) is 26.9 Å². The minimum atomic E-state index is 0.119. The van der Waals surface area contributed by atoms with Gasteiger partial charge in [-0.25, -0.2) is 0 Å². The van der Waals surface area contributed by atoms with Crippen LogP contribution in [0, 0.1) is 5.92 Å². The van der Waals surface area contributed by atoms with Crippen LogP contribution in [0.15, 0.2) is 23.5 Å². The summed E-state index contributed by atoms with van der Waals surface area (Å²) in [6.07, 6.45) is 3.58. The Morgan fingerprint density at radius 3 is 2.93 bits per heavy atom. The van der Waals surface area contributed by atoms with Crippen molar-refractivity contribution in [2.75, 3.05) is 0 Å². The van der Waals surface area contributed by atoms with Crippen LogP contribution in [-0.2, 0) is 4.79 Å². The fourth-order valence-electron chi connectivity index (χ4n) is 1.35. The topological polar surface area (TPSA) is 75.4 Å². The molecule has 0 amide bonds. The summed E-state index contributed by atoms with van der Waals surface area (Å²) in [6, 6.07) is 3.36. The number of rotatable bonds is 4. The van der Waals surface area contributed by atoms with Gasteiger partial charge in [0.05, 0.1) is 6.42 Å². The lowest BCUT2D eigenvalue weighted by Crippen LogP contribution is -2.12. The molecule has 1 aromatic rings. The predicted molar refractivity (Wildman–Crippen MR) is 52.7 cm³/mol. The molecule has 1 aromatic heterocycles. The number of hydrogen-bond donors (Lipinski definition) is 1. The molecule has 1 saturated carbocycles. The van der Waals surface area contributed by atoms with Gasteiger partial charge in [0.1, 0.15) is 17.2 Å². The van der Waals surface area contributed by atoms with Gasteiger partial charge >= 0.3 is 0 Å².